The zero-order valence-corrected chi connectivity index (χ0v) is 17.3. The highest BCUT2D eigenvalue weighted by Crippen LogP contribution is 2.32. The SMILES string of the molecule is CCCCOP(O)O.c1ccc(P(c2ccccc2)c2ccccc2)cc1. The molecule has 0 amide bonds. The molecule has 0 radical (unpaired) electrons. The number of unbranched alkanes of at least 4 members (excludes halogenated alkanes) is 1. The van der Waals surface area contributed by atoms with Crippen molar-refractivity contribution in [2.75, 3.05) is 6.61 Å². The lowest BCUT2D eigenvalue weighted by Crippen LogP contribution is -2.20. The molecule has 5 heteroatoms. The average molecular weight is 400 g/mol. The Labute approximate surface area is 164 Å². The third kappa shape index (κ3) is 7.89. The third-order valence-corrected chi connectivity index (χ3v) is 6.60. The maximum absolute atomic E-state index is 8.18. The summed E-state index contributed by atoms with van der Waals surface area (Å²) in [7, 11) is -2.56. The van der Waals surface area contributed by atoms with E-state index in [1.807, 2.05) is 6.92 Å². The van der Waals surface area contributed by atoms with E-state index in [9.17, 15) is 0 Å². The minimum absolute atomic E-state index is 0.446. The smallest absolute Gasteiger partial charge is 0.327 e. The van der Waals surface area contributed by atoms with Crippen molar-refractivity contribution in [3.05, 3.63) is 91.0 Å². The fourth-order valence-corrected chi connectivity index (χ4v) is 5.07. The summed E-state index contributed by atoms with van der Waals surface area (Å²) < 4.78 is 4.46. The van der Waals surface area contributed by atoms with E-state index < -0.39 is 16.5 Å². The van der Waals surface area contributed by atoms with Gasteiger partial charge >= 0.3 is 8.60 Å². The fraction of sp³-hybridized carbons (Fsp3) is 0.182. The second kappa shape index (κ2) is 12.7. The van der Waals surface area contributed by atoms with Crippen LogP contribution in [0.1, 0.15) is 19.8 Å². The quantitative estimate of drug-likeness (QED) is 0.455. The van der Waals surface area contributed by atoms with Gasteiger partial charge in [-0.15, -0.1) is 0 Å². The molecule has 0 bridgehead atoms. The first-order valence-corrected chi connectivity index (χ1v) is 11.5. The molecule has 0 aliphatic heterocycles. The topological polar surface area (TPSA) is 49.7 Å². The van der Waals surface area contributed by atoms with Crippen LogP contribution in [0.25, 0.3) is 0 Å². The van der Waals surface area contributed by atoms with E-state index in [4.69, 9.17) is 9.79 Å². The van der Waals surface area contributed by atoms with Gasteiger partial charge < -0.3 is 14.3 Å². The molecule has 0 unspecified atom stereocenters. The van der Waals surface area contributed by atoms with Crippen LogP contribution < -0.4 is 15.9 Å². The van der Waals surface area contributed by atoms with Gasteiger partial charge in [0.15, 0.2) is 0 Å². The van der Waals surface area contributed by atoms with Crippen LogP contribution in [-0.2, 0) is 4.52 Å². The summed E-state index contributed by atoms with van der Waals surface area (Å²) in [6.45, 7) is 2.47. The molecule has 0 atom stereocenters. The molecule has 0 aliphatic carbocycles. The molecule has 142 valence electrons. The zero-order valence-electron chi connectivity index (χ0n) is 15.5. The normalized spacial score (nSPS) is 10.6. The van der Waals surface area contributed by atoms with Crippen LogP contribution in [0.2, 0.25) is 0 Å². The first-order valence-electron chi connectivity index (χ1n) is 8.98. The van der Waals surface area contributed by atoms with Crippen LogP contribution in [0.3, 0.4) is 0 Å². The monoisotopic (exact) mass is 400 g/mol. The second-order valence-corrected chi connectivity index (χ2v) is 8.77. The molecule has 0 aromatic heterocycles. The van der Waals surface area contributed by atoms with E-state index in [1.54, 1.807) is 0 Å². The summed E-state index contributed by atoms with van der Waals surface area (Å²) in [5.41, 5.74) is 0. The predicted octanol–water partition coefficient (Wildman–Crippen LogP) is 4.46. The van der Waals surface area contributed by atoms with Crippen LogP contribution >= 0.6 is 16.5 Å². The van der Waals surface area contributed by atoms with Crippen LogP contribution in [0.4, 0.5) is 0 Å². The van der Waals surface area contributed by atoms with Crippen molar-refractivity contribution in [3.63, 3.8) is 0 Å². The Kier molecular flexibility index (Phi) is 10.2. The summed E-state index contributed by atoms with van der Waals surface area (Å²) in [5.74, 6) is 0. The minimum atomic E-state index is -2.11. The minimum Gasteiger partial charge on any atom is -0.328 e. The van der Waals surface area contributed by atoms with E-state index in [0.717, 1.165) is 12.8 Å². The maximum atomic E-state index is 8.18. The maximum Gasteiger partial charge on any atom is 0.327 e. The number of rotatable bonds is 7. The van der Waals surface area contributed by atoms with Gasteiger partial charge in [0.25, 0.3) is 0 Å². The summed E-state index contributed by atoms with van der Waals surface area (Å²) in [6.07, 6.45) is 1.91. The molecule has 0 heterocycles. The Hall–Kier alpha value is -1.60. The molecule has 0 aliphatic rings. The van der Waals surface area contributed by atoms with Gasteiger partial charge in [-0.2, -0.15) is 0 Å². The van der Waals surface area contributed by atoms with E-state index in [1.165, 1.54) is 15.9 Å². The standard InChI is InChI=1S/C18H15P.C4H11O3P/c1-4-10-16(11-5-1)19(17-12-6-2-7-13-17)18-14-8-3-9-15-18;1-2-3-4-7-8(5)6/h1-15H;5-6H,2-4H2,1H3. The van der Waals surface area contributed by atoms with E-state index >= 15 is 0 Å². The molecule has 27 heavy (non-hydrogen) atoms. The van der Waals surface area contributed by atoms with Crippen molar-refractivity contribution in [2.45, 2.75) is 19.8 Å². The first kappa shape index (κ1) is 21.7. The molecule has 0 saturated heterocycles. The van der Waals surface area contributed by atoms with Crippen LogP contribution in [0.15, 0.2) is 91.0 Å². The van der Waals surface area contributed by atoms with Crippen LogP contribution in [0, 0.1) is 0 Å². The summed E-state index contributed by atoms with van der Waals surface area (Å²) in [5, 5.41) is 4.19. The molecule has 3 nitrogen and oxygen atoms in total. The van der Waals surface area contributed by atoms with Gasteiger partial charge in [-0.25, -0.2) is 0 Å². The molecular weight excluding hydrogens is 374 g/mol. The van der Waals surface area contributed by atoms with Gasteiger partial charge in [0, 0.05) is 0 Å². The lowest BCUT2D eigenvalue weighted by atomic mass is 10.4. The van der Waals surface area contributed by atoms with Crippen molar-refractivity contribution < 1.29 is 14.3 Å². The molecule has 0 fully saturated rings. The number of benzene rings is 3. The van der Waals surface area contributed by atoms with Gasteiger partial charge in [-0.1, -0.05) is 104 Å². The highest BCUT2D eigenvalue weighted by Gasteiger charge is 2.14. The van der Waals surface area contributed by atoms with Gasteiger partial charge in [0.1, 0.15) is 0 Å². The Morgan fingerprint density at radius 1 is 0.667 bits per heavy atom. The molecule has 0 saturated carbocycles. The highest BCUT2D eigenvalue weighted by molar-refractivity contribution is 7.79. The van der Waals surface area contributed by atoms with Crippen molar-refractivity contribution in [2.24, 2.45) is 0 Å². The van der Waals surface area contributed by atoms with E-state index in [2.05, 4.69) is 95.5 Å². The largest absolute Gasteiger partial charge is 0.328 e. The highest BCUT2D eigenvalue weighted by atomic mass is 31.2. The van der Waals surface area contributed by atoms with Crippen LogP contribution in [-0.4, -0.2) is 16.4 Å². The van der Waals surface area contributed by atoms with Crippen molar-refractivity contribution in [1.82, 2.24) is 0 Å². The van der Waals surface area contributed by atoms with E-state index in [-0.39, 0.29) is 0 Å². The average Bonchev–Trinajstić information content (AvgIpc) is 2.71. The molecular formula is C22H26O3P2. The molecule has 2 N–H and O–H groups in total. The fourth-order valence-electron chi connectivity index (χ4n) is 2.47. The van der Waals surface area contributed by atoms with Gasteiger partial charge in [0.05, 0.1) is 6.61 Å². The summed E-state index contributed by atoms with van der Waals surface area (Å²) in [6, 6.07) is 32.3. The van der Waals surface area contributed by atoms with E-state index in [0.29, 0.717) is 6.61 Å². The molecule has 0 spiro atoms. The van der Waals surface area contributed by atoms with Crippen LogP contribution in [0.5, 0.6) is 0 Å². The summed E-state index contributed by atoms with van der Waals surface area (Å²) >= 11 is 0. The summed E-state index contributed by atoms with van der Waals surface area (Å²) in [4.78, 5) is 16.4. The predicted molar refractivity (Wildman–Crippen MR) is 117 cm³/mol. The second-order valence-electron chi connectivity index (χ2n) is 5.78. The Morgan fingerprint density at radius 2 is 1.04 bits per heavy atom. The van der Waals surface area contributed by atoms with Crippen molar-refractivity contribution >= 4 is 32.4 Å². The van der Waals surface area contributed by atoms with Gasteiger partial charge in [-0.3, -0.25) is 0 Å². The molecule has 3 aromatic carbocycles. The first-order chi connectivity index (χ1) is 13.2. The Bertz CT molecular complexity index is 643. The lowest BCUT2D eigenvalue weighted by Gasteiger charge is -2.18. The third-order valence-electron chi connectivity index (χ3n) is 3.75. The van der Waals surface area contributed by atoms with Gasteiger partial charge in [-0.05, 0) is 30.3 Å². The molecule has 3 rings (SSSR count). The van der Waals surface area contributed by atoms with Crippen molar-refractivity contribution in [3.8, 4) is 0 Å². The van der Waals surface area contributed by atoms with Crippen molar-refractivity contribution in [1.29, 1.82) is 0 Å². The zero-order chi connectivity index (χ0) is 19.3. The number of hydrogen-bond acceptors (Lipinski definition) is 3. The Balaban J connectivity index is 0.000000279. The lowest BCUT2D eigenvalue weighted by molar-refractivity contribution is 0.251. The number of hydrogen-bond donors (Lipinski definition) is 2. The Morgan fingerprint density at radius 3 is 1.33 bits per heavy atom. The van der Waals surface area contributed by atoms with Gasteiger partial charge in [0.2, 0.25) is 0 Å². The molecule has 3 aromatic rings.